The Labute approximate surface area is 329 Å². The molecule has 0 spiro atoms. The third kappa shape index (κ3) is 15.6. The van der Waals surface area contributed by atoms with Gasteiger partial charge in [0.1, 0.15) is 36.0 Å². The van der Waals surface area contributed by atoms with Gasteiger partial charge in [0.15, 0.2) is 5.96 Å². The summed E-state index contributed by atoms with van der Waals surface area (Å²) in [7, 11) is 0. The second-order valence-electron chi connectivity index (χ2n) is 14.9. The Hall–Kier alpha value is -4.97. The van der Waals surface area contributed by atoms with E-state index in [0.29, 0.717) is 50.6 Å². The molecule has 314 valence electrons. The number of benzene rings is 1. The Morgan fingerprint density at radius 2 is 1.54 bits per heavy atom. The summed E-state index contributed by atoms with van der Waals surface area (Å²) < 4.78 is 0. The lowest BCUT2D eigenvalue weighted by Gasteiger charge is -2.31. The Bertz CT molecular complexity index is 1490. The number of carboxylic acids is 1. The van der Waals surface area contributed by atoms with Gasteiger partial charge >= 0.3 is 5.97 Å². The zero-order valence-corrected chi connectivity index (χ0v) is 33.2. The van der Waals surface area contributed by atoms with Crippen molar-refractivity contribution in [2.75, 3.05) is 19.6 Å². The normalized spacial score (nSPS) is 17.1. The van der Waals surface area contributed by atoms with Crippen molar-refractivity contribution < 1.29 is 39.0 Å². The average molecular weight is 789 g/mol. The van der Waals surface area contributed by atoms with Gasteiger partial charge in [-0.25, -0.2) is 4.79 Å². The van der Waals surface area contributed by atoms with Crippen LogP contribution in [0.2, 0.25) is 0 Å². The number of rotatable bonds is 24. The van der Waals surface area contributed by atoms with E-state index in [1.807, 2.05) is 20.8 Å². The molecule has 18 heteroatoms. The molecule has 0 unspecified atom stereocenters. The van der Waals surface area contributed by atoms with Gasteiger partial charge < -0.3 is 59.3 Å². The molecule has 1 aromatic carbocycles. The number of guanidine groups is 1. The SMILES string of the molecule is CC[C@H](C)[C@H](NC(=O)[C@H](Cc1ccc(O)cc1)NC(=O)[C@@H]1CCCN1C(=O)[C@H](CCCN=C(N)N)NC(=O)[C@@H](N)CCCCN)C(=O)N[C@@H](CC(C)C)C(=O)O. The Kier molecular flexibility index (Phi) is 20.1. The number of aromatic hydroxyl groups is 1. The van der Waals surface area contributed by atoms with Gasteiger partial charge in [-0.05, 0) is 81.0 Å². The number of aliphatic carboxylic acids is 1. The van der Waals surface area contributed by atoms with E-state index < -0.39 is 77.7 Å². The largest absolute Gasteiger partial charge is 0.508 e. The minimum atomic E-state index is -1.24. The molecule has 0 radical (unpaired) electrons. The van der Waals surface area contributed by atoms with E-state index >= 15 is 0 Å². The molecule has 1 fully saturated rings. The second-order valence-corrected chi connectivity index (χ2v) is 14.9. The van der Waals surface area contributed by atoms with Crippen LogP contribution in [0.1, 0.15) is 91.0 Å². The molecule has 0 aromatic heterocycles. The summed E-state index contributed by atoms with van der Waals surface area (Å²) in [6, 6.07) is -0.397. The number of likely N-dealkylation sites (tertiary alicyclic amines) is 1. The number of carbonyl (C=O) groups is 6. The molecule has 56 heavy (non-hydrogen) atoms. The molecule has 1 aliphatic heterocycles. The predicted molar refractivity (Wildman–Crippen MR) is 212 cm³/mol. The van der Waals surface area contributed by atoms with Crippen molar-refractivity contribution in [2.24, 2.45) is 39.8 Å². The first-order valence-corrected chi connectivity index (χ1v) is 19.5. The Morgan fingerprint density at radius 1 is 0.875 bits per heavy atom. The molecular weight excluding hydrogens is 724 g/mol. The molecule has 0 bridgehead atoms. The highest BCUT2D eigenvalue weighted by molar-refractivity contribution is 5.96. The Balaban J connectivity index is 2.36. The fourth-order valence-corrected chi connectivity index (χ4v) is 6.44. The standard InChI is InChI=1S/C38H64N10O8/c1-5-23(4)31(35(53)46-29(37(55)56)20-22(2)3)47-33(51)28(21-24-13-15-25(49)16-14-24)45-34(52)30-12-9-19-48(30)36(54)27(11-8-18-43-38(41)42)44-32(50)26(40)10-6-7-17-39/h13-16,22-23,26-31,49H,5-12,17-21,39-40H2,1-4H3,(H,44,50)(H,45,52)(H,46,53)(H,47,51)(H,55,56)(H4,41,42,43)/t23-,26-,27-,28-,29-,30-,31-/m0/s1. The zero-order chi connectivity index (χ0) is 41.9. The van der Waals surface area contributed by atoms with Crippen LogP contribution in [-0.4, -0.2) is 112 Å². The number of hydrogen-bond donors (Lipinski definition) is 10. The lowest BCUT2D eigenvalue weighted by molar-refractivity contribution is -0.143. The van der Waals surface area contributed by atoms with Gasteiger partial charge in [0, 0.05) is 19.5 Å². The minimum Gasteiger partial charge on any atom is -0.508 e. The van der Waals surface area contributed by atoms with Crippen molar-refractivity contribution in [1.29, 1.82) is 0 Å². The van der Waals surface area contributed by atoms with Crippen LogP contribution in [0.5, 0.6) is 5.75 Å². The van der Waals surface area contributed by atoms with E-state index in [-0.39, 0.29) is 56.4 Å². The van der Waals surface area contributed by atoms with Crippen molar-refractivity contribution in [3.05, 3.63) is 29.8 Å². The lowest BCUT2D eigenvalue weighted by atomic mass is 9.96. The van der Waals surface area contributed by atoms with E-state index in [1.54, 1.807) is 19.1 Å². The van der Waals surface area contributed by atoms with Crippen LogP contribution >= 0.6 is 0 Å². The van der Waals surface area contributed by atoms with E-state index in [2.05, 4.69) is 26.3 Å². The van der Waals surface area contributed by atoms with Crippen molar-refractivity contribution >= 4 is 41.5 Å². The maximum Gasteiger partial charge on any atom is 0.326 e. The molecule has 0 saturated carbocycles. The summed E-state index contributed by atoms with van der Waals surface area (Å²) in [5, 5.41) is 30.4. The Morgan fingerprint density at radius 3 is 2.12 bits per heavy atom. The first-order chi connectivity index (χ1) is 26.5. The molecule has 18 nitrogen and oxygen atoms in total. The number of amides is 5. The summed E-state index contributed by atoms with van der Waals surface area (Å²) in [6.07, 6.45) is 3.55. The number of nitrogens with zero attached hydrogens (tertiary/aromatic N) is 2. The number of carbonyl (C=O) groups excluding carboxylic acids is 5. The van der Waals surface area contributed by atoms with Crippen LogP contribution < -0.4 is 44.2 Å². The lowest BCUT2D eigenvalue weighted by Crippen LogP contribution is -2.60. The number of phenols is 1. The molecule has 5 amide bonds. The highest BCUT2D eigenvalue weighted by Crippen LogP contribution is 2.21. The van der Waals surface area contributed by atoms with Crippen LogP contribution in [0, 0.1) is 11.8 Å². The number of nitrogens with one attached hydrogen (secondary N) is 4. The number of aliphatic imine (C=N–C) groups is 1. The van der Waals surface area contributed by atoms with Crippen molar-refractivity contribution in [3.63, 3.8) is 0 Å². The number of hydrogen-bond acceptors (Lipinski definition) is 10. The molecule has 0 aliphatic carbocycles. The molecule has 1 saturated heterocycles. The highest BCUT2D eigenvalue weighted by Gasteiger charge is 2.40. The number of phenolic OH excluding ortho intramolecular Hbond substituents is 1. The first-order valence-electron chi connectivity index (χ1n) is 19.5. The topological polar surface area (TPSA) is 311 Å². The minimum absolute atomic E-state index is 0.00163. The number of carboxylic acid groups (broad SMARTS) is 1. The van der Waals surface area contributed by atoms with Crippen LogP contribution in [0.15, 0.2) is 29.3 Å². The van der Waals surface area contributed by atoms with Gasteiger partial charge in [0.2, 0.25) is 29.5 Å². The molecule has 1 aliphatic rings. The average Bonchev–Trinajstić information content (AvgIpc) is 3.64. The van der Waals surface area contributed by atoms with Gasteiger partial charge in [-0.3, -0.25) is 29.0 Å². The second kappa shape index (κ2) is 23.8. The predicted octanol–water partition coefficient (Wildman–Crippen LogP) is -0.448. The quantitative estimate of drug-likeness (QED) is 0.0362. The fourth-order valence-electron chi connectivity index (χ4n) is 6.44. The van der Waals surface area contributed by atoms with Crippen LogP contribution in [0.4, 0.5) is 0 Å². The van der Waals surface area contributed by atoms with Crippen molar-refractivity contribution in [2.45, 2.75) is 128 Å². The zero-order valence-electron chi connectivity index (χ0n) is 33.2. The van der Waals surface area contributed by atoms with Gasteiger partial charge in [0.05, 0.1) is 6.04 Å². The molecule has 2 rings (SSSR count). The third-order valence-corrected chi connectivity index (χ3v) is 9.83. The van der Waals surface area contributed by atoms with Crippen LogP contribution in [-0.2, 0) is 35.2 Å². The monoisotopic (exact) mass is 788 g/mol. The maximum atomic E-state index is 14.1. The van der Waals surface area contributed by atoms with Gasteiger partial charge in [-0.2, -0.15) is 0 Å². The molecule has 7 atom stereocenters. The smallest absolute Gasteiger partial charge is 0.326 e. The maximum absolute atomic E-state index is 14.1. The van der Waals surface area contributed by atoms with Gasteiger partial charge in [-0.1, -0.05) is 52.7 Å². The number of nitrogens with two attached hydrogens (primary N) is 4. The molecule has 1 heterocycles. The highest BCUT2D eigenvalue weighted by atomic mass is 16.4. The van der Waals surface area contributed by atoms with E-state index in [9.17, 15) is 39.0 Å². The van der Waals surface area contributed by atoms with E-state index in [0.717, 1.165) is 0 Å². The third-order valence-electron chi connectivity index (χ3n) is 9.83. The van der Waals surface area contributed by atoms with Crippen molar-refractivity contribution in [3.8, 4) is 5.75 Å². The van der Waals surface area contributed by atoms with Gasteiger partial charge in [-0.15, -0.1) is 0 Å². The van der Waals surface area contributed by atoms with E-state index in [1.165, 1.54) is 17.0 Å². The summed E-state index contributed by atoms with van der Waals surface area (Å²) in [5.74, 6) is -4.77. The summed E-state index contributed by atoms with van der Waals surface area (Å²) in [6.45, 7) is 8.11. The molecule has 14 N–H and O–H groups in total. The number of unbranched alkanes of at least 4 members (excludes halogenated alkanes) is 1. The van der Waals surface area contributed by atoms with E-state index in [4.69, 9.17) is 22.9 Å². The summed E-state index contributed by atoms with van der Waals surface area (Å²) >= 11 is 0. The van der Waals surface area contributed by atoms with Gasteiger partial charge in [0.25, 0.3) is 0 Å². The molecular formula is C38H64N10O8. The summed E-state index contributed by atoms with van der Waals surface area (Å²) in [5.41, 5.74) is 23.2. The molecule has 1 aromatic rings. The van der Waals surface area contributed by atoms with Crippen molar-refractivity contribution in [1.82, 2.24) is 26.2 Å². The van der Waals surface area contributed by atoms with Crippen LogP contribution in [0.3, 0.4) is 0 Å². The summed E-state index contributed by atoms with van der Waals surface area (Å²) in [4.78, 5) is 86.0. The van der Waals surface area contributed by atoms with Crippen LogP contribution in [0.25, 0.3) is 0 Å². The fraction of sp³-hybridized carbons (Fsp3) is 0.658. The first kappa shape index (κ1) is 47.2.